The molecule has 18 heavy (non-hydrogen) atoms. The van der Waals surface area contributed by atoms with Crippen LogP contribution < -0.4 is 5.32 Å². The van der Waals surface area contributed by atoms with Crippen LogP contribution in [0.15, 0.2) is 54.6 Å². The molecule has 0 bridgehead atoms. The van der Waals surface area contributed by atoms with Gasteiger partial charge in [-0.2, -0.15) is 0 Å². The molecule has 1 amide bonds. The van der Waals surface area contributed by atoms with Gasteiger partial charge in [-0.05, 0) is 36.2 Å². The number of phenols is 1. The predicted molar refractivity (Wildman–Crippen MR) is 70.6 cm³/mol. The number of carbonyl (C=O) groups excluding carboxylic acids is 1. The van der Waals surface area contributed by atoms with Crippen LogP contribution in [-0.4, -0.2) is 17.6 Å². The van der Waals surface area contributed by atoms with Crippen molar-refractivity contribution in [3.05, 3.63) is 65.7 Å². The third-order valence-electron chi connectivity index (χ3n) is 2.67. The van der Waals surface area contributed by atoms with Gasteiger partial charge in [0, 0.05) is 12.1 Å². The van der Waals surface area contributed by atoms with E-state index in [4.69, 9.17) is 5.11 Å². The lowest BCUT2D eigenvalue weighted by Gasteiger charge is -2.05. The first-order valence-electron chi connectivity index (χ1n) is 5.87. The maximum atomic E-state index is 11.8. The lowest BCUT2D eigenvalue weighted by Crippen LogP contribution is -2.25. The fraction of sp³-hybridized carbons (Fsp3) is 0.133. The predicted octanol–water partition coefficient (Wildman–Crippen LogP) is 2.36. The maximum absolute atomic E-state index is 11.8. The molecule has 0 unspecified atom stereocenters. The minimum atomic E-state index is -0.120. The van der Waals surface area contributed by atoms with E-state index in [1.165, 1.54) is 17.7 Å². The highest BCUT2D eigenvalue weighted by Gasteiger charge is 2.04. The molecule has 0 aliphatic rings. The standard InChI is InChI=1S/C15H15NO2/c17-14-8-6-13(7-9-14)15(18)16-11-10-12-4-2-1-3-5-12/h1-9,17H,10-11H2,(H,16,18). The molecule has 2 aromatic carbocycles. The molecule has 0 fully saturated rings. The highest BCUT2D eigenvalue weighted by molar-refractivity contribution is 5.94. The van der Waals surface area contributed by atoms with Gasteiger partial charge in [-0.15, -0.1) is 0 Å². The molecule has 0 heterocycles. The van der Waals surface area contributed by atoms with Gasteiger partial charge in [0.05, 0.1) is 0 Å². The van der Waals surface area contributed by atoms with Crippen molar-refractivity contribution in [3.8, 4) is 5.75 Å². The summed E-state index contributed by atoms with van der Waals surface area (Å²) in [5, 5.41) is 12.0. The zero-order valence-electron chi connectivity index (χ0n) is 9.97. The minimum Gasteiger partial charge on any atom is -0.508 e. The molecule has 3 heteroatoms. The minimum absolute atomic E-state index is 0.120. The van der Waals surface area contributed by atoms with Crippen molar-refractivity contribution in [2.75, 3.05) is 6.54 Å². The summed E-state index contributed by atoms with van der Waals surface area (Å²) < 4.78 is 0. The van der Waals surface area contributed by atoms with Crippen molar-refractivity contribution in [2.45, 2.75) is 6.42 Å². The zero-order chi connectivity index (χ0) is 12.8. The Balaban J connectivity index is 1.84. The molecule has 2 N–H and O–H groups in total. The number of benzene rings is 2. The number of carbonyl (C=O) groups is 1. The summed E-state index contributed by atoms with van der Waals surface area (Å²) in [6.07, 6.45) is 0.810. The molecule has 0 aliphatic carbocycles. The Morgan fingerprint density at radius 3 is 2.33 bits per heavy atom. The Kier molecular flexibility index (Phi) is 3.97. The number of phenolic OH excluding ortho intramolecular Hbond substituents is 1. The number of rotatable bonds is 4. The summed E-state index contributed by atoms with van der Waals surface area (Å²) in [7, 11) is 0. The van der Waals surface area contributed by atoms with Crippen LogP contribution >= 0.6 is 0 Å². The Hall–Kier alpha value is -2.29. The first-order valence-corrected chi connectivity index (χ1v) is 5.87. The van der Waals surface area contributed by atoms with Crippen LogP contribution in [0.25, 0.3) is 0 Å². The van der Waals surface area contributed by atoms with E-state index in [1.807, 2.05) is 30.3 Å². The number of nitrogens with one attached hydrogen (secondary N) is 1. The summed E-state index contributed by atoms with van der Waals surface area (Å²) in [6.45, 7) is 0.601. The van der Waals surface area contributed by atoms with E-state index in [-0.39, 0.29) is 11.7 Å². The second-order valence-corrected chi connectivity index (χ2v) is 4.04. The van der Waals surface area contributed by atoms with Gasteiger partial charge in [-0.3, -0.25) is 4.79 Å². The number of aromatic hydroxyl groups is 1. The van der Waals surface area contributed by atoms with Crippen LogP contribution in [0.3, 0.4) is 0 Å². The molecule has 3 nitrogen and oxygen atoms in total. The van der Waals surface area contributed by atoms with E-state index < -0.39 is 0 Å². The van der Waals surface area contributed by atoms with Crippen LogP contribution in [-0.2, 0) is 6.42 Å². The molecule has 0 radical (unpaired) electrons. The van der Waals surface area contributed by atoms with Gasteiger partial charge < -0.3 is 10.4 Å². The molecule has 2 rings (SSSR count). The molecular formula is C15H15NO2. The van der Waals surface area contributed by atoms with Gasteiger partial charge in [0.2, 0.25) is 0 Å². The van der Waals surface area contributed by atoms with Gasteiger partial charge in [0.25, 0.3) is 5.91 Å². The SMILES string of the molecule is O=C(NCCc1ccccc1)c1ccc(O)cc1. The van der Waals surface area contributed by atoms with Gasteiger partial charge >= 0.3 is 0 Å². The van der Waals surface area contributed by atoms with Crippen LogP contribution in [0, 0.1) is 0 Å². The summed E-state index contributed by atoms with van der Waals surface area (Å²) in [4.78, 5) is 11.8. The molecule has 2 aromatic rings. The Labute approximate surface area is 106 Å². The molecule has 0 atom stereocenters. The van der Waals surface area contributed by atoms with Gasteiger partial charge in [0.1, 0.15) is 5.75 Å². The van der Waals surface area contributed by atoms with Crippen molar-refractivity contribution >= 4 is 5.91 Å². The van der Waals surface area contributed by atoms with Crippen LogP contribution in [0.5, 0.6) is 5.75 Å². The second kappa shape index (κ2) is 5.87. The smallest absolute Gasteiger partial charge is 0.251 e. The molecule has 0 spiro atoms. The van der Waals surface area contributed by atoms with Gasteiger partial charge in [-0.1, -0.05) is 30.3 Å². The molecule has 0 aliphatic heterocycles. The lowest BCUT2D eigenvalue weighted by molar-refractivity contribution is 0.0954. The van der Waals surface area contributed by atoms with Crippen molar-refractivity contribution in [3.63, 3.8) is 0 Å². The molecule has 0 aromatic heterocycles. The Morgan fingerprint density at radius 2 is 1.67 bits per heavy atom. The molecule has 92 valence electrons. The first kappa shape index (κ1) is 12.2. The van der Waals surface area contributed by atoms with E-state index in [2.05, 4.69) is 5.32 Å². The van der Waals surface area contributed by atoms with Crippen LogP contribution in [0.1, 0.15) is 15.9 Å². The summed E-state index contributed by atoms with van der Waals surface area (Å²) in [6, 6.07) is 16.2. The fourth-order valence-corrected chi connectivity index (χ4v) is 1.68. The van der Waals surface area contributed by atoms with Crippen molar-refractivity contribution in [1.29, 1.82) is 0 Å². The largest absolute Gasteiger partial charge is 0.508 e. The van der Waals surface area contributed by atoms with E-state index >= 15 is 0 Å². The van der Waals surface area contributed by atoms with E-state index in [0.29, 0.717) is 12.1 Å². The third-order valence-corrected chi connectivity index (χ3v) is 2.67. The Bertz CT molecular complexity index is 506. The maximum Gasteiger partial charge on any atom is 0.251 e. The quantitative estimate of drug-likeness (QED) is 0.863. The summed E-state index contributed by atoms with van der Waals surface area (Å²) in [5.74, 6) is 0.0433. The summed E-state index contributed by atoms with van der Waals surface area (Å²) >= 11 is 0. The number of hydrogen-bond donors (Lipinski definition) is 2. The van der Waals surface area contributed by atoms with Crippen molar-refractivity contribution < 1.29 is 9.90 Å². The van der Waals surface area contributed by atoms with E-state index in [1.54, 1.807) is 12.1 Å². The van der Waals surface area contributed by atoms with Gasteiger partial charge in [-0.25, -0.2) is 0 Å². The van der Waals surface area contributed by atoms with Crippen molar-refractivity contribution in [2.24, 2.45) is 0 Å². The fourth-order valence-electron chi connectivity index (χ4n) is 1.68. The lowest BCUT2D eigenvalue weighted by atomic mass is 10.1. The highest BCUT2D eigenvalue weighted by Crippen LogP contribution is 2.09. The average Bonchev–Trinajstić information content (AvgIpc) is 2.40. The molecule has 0 saturated carbocycles. The van der Waals surface area contributed by atoms with Gasteiger partial charge in [0.15, 0.2) is 0 Å². The average molecular weight is 241 g/mol. The second-order valence-electron chi connectivity index (χ2n) is 4.04. The highest BCUT2D eigenvalue weighted by atomic mass is 16.3. The number of hydrogen-bond acceptors (Lipinski definition) is 2. The normalized spacial score (nSPS) is 10.0. The monoisotopic (exact) mass is 241 g/mol. The Morgan fingerprint density at radius 1 is 1.00 bits per heavy atom. The van der Waals surface area contributed by atoms with E-state index in [9.17, 15) is 4.79 Å². The third kappa shape index (κ3) is 3.35. The molecular weight excluding hydrogens is 226 g/mol. The van der Waals surface area contributed by atoms with Crippen LogP contribution in [0.4, 0.5) is 0 Å². The summed E-state index contributed by atoms with van der Waals surface area (Å²) in [5.41, 5.74) is 1.75. The van der Waals surface area contributed by atoms with E-state index in [0.717, 1.165) is 6.42 Å². The molecule has 0 saturated heterocycles. The topological polar surface area (TPSA) is 49.3 Å². The first-order chi connectivity index (χ1) is 8.75. The van der Waals surface area contributed by atoms with Crippen LogP contribution in [0.2, 0.25) is 0 Å². The number of amides is 1. The zero-order valence-corrected chi connectivity index (χ0v) is 9.97. The van der Waals surface area contributed by atoms with Crippen molar-refractivity contribution in [1.82, 2.24) is 5.32 Å².